The first-order valence-corrected chi connectivity index (χ1v) is 8.12. The zero-order chi connectivity index (χ0) is 16.5. The summed E-state index contributed by atoms with van der Waals surface area (Å²) >= 11 is 1.44. The molecule has 0 bridgehead atoms. The van der Waals surface area contributed by atoms with Gasteiger partial charge in [-0.2, -0.15) is 5.10 Å². The Labute approximate surface area is 141 Å². The van der Waals surface area contributed by atoms with Gasteiger partial charge in [0.05, 0.1) is 4.88 Å². The predicted octanol–water partition coefficient (Wildman–Crippen LogP) is 3.34. The Morgan fingerprint density at radius 2 is 2.04 bits per heavy atom. The Kier molecular flexibility index (Phi) is 3.55. The fourth-order valence-electron chi connectivity index (χ4n) is 2.46. The maximum atomic E-state index is 12.2. The standard InChI is InChI=1S/C17H13N5OS/c1-22-14(5-7-20-22)16(23)21-17-19-10-15(24-17)12-2-3-13-9-18-6-4-11(13)8-12/h2-10H,1H3,(H,19,21,23). The molecule has 118 valence electrons. The monoisotopic (exact) mass is 335 g/mol. The number of pyridine rings is 1. The van der Waals surface area contributed by atoms with Gasteiger partial charge in [-0.05, 0) is 29.1 Å². The van der Waals surface area contributed by atoms with E-state index in [0.717, 1.165) is 21.2 Å². The molecule has 0 saturated heterocycles. The highest BCUT2D eigenvalue weighted by Crippen LogP contribution is 2.31. The van der Waals surface area contributed by atoms with Crippen LogP contribution >= 0.6 is 11.3 Å². The van der Waals surface area contributed by atoms with Crippen molar-refractivity contribution in [1.29, 1.82) is 0 Å². The number of aryl methyl sites for hydroxylation is 1. The molecule has 1 N–H and O–H groups in total. The van der Waals surface area contributed by atoms with Crippen molar-refractivity contribution in [2.24, 2.45) is 7.05 Å². The fraction of sp³-hybridized carbons (Fsp3) is 0.0588. The maximum absolute atomic E-state index is 12.2. The maximum Gasteiger partial charge on any atom is 0.275 e. The second-order valence-corrected chi connectivity index (χ2v) is 6.29. The molecule has 0 saturated carbocycles. The van der Waals surface area contributed by atoms with E-state index in [-0.39, 0.29) is 5.91 Å². The number of benzene rings is 1. The number of fused-ring (bicyclic) bond motifs is 1. The predicted molar refractivity (Wildman–Crippen MR) is 94.0 cm³/mol. The highest BCUT2D eigenvalue weighted by Gasteiger charge is 2.13. The number of aromatic nitrogens is 4. The van der Waals surface area contributed by atoms with Crippen molar-refractivity contribution in [2.45, 2.75) is 0 Å². The second kappa shape index (κ2) is 5.86. The lowest BCUT2D eigenvalue weighted by Gasteiger charge is -2.02. The molecule has 0 unspecified atom stereocenters. The Morgan fingerprint density at radius 1 is 1.12 bits per heavy atom. The molecular weight excluding hydrogens is 322 g/mol. The van der Waals surface area contributed by atoms with Crippen LogP contribution in [-0.4, -0.2) is 25.7 Å². The molecule has 6 nitrogen and oxygen atoms in total. The minimum absolute atomic E-state index is 0.222. The highest BCUT2D eigenvalue weighted by atomic mass is 32.1. The molecule has 3 heterocycles. The Hall–Kier alpha value is -3.06. The molecule has 1 amide bonds. The summed E-state index contributed by atoms with van der Waals surface area (Å²) in [7, 11) is 1.73. The van der Waals surface area contributed by atoms with Gasteiger partial charge >= 0.3 is 0 Å². The number of carbonyl (C=O) groups is 1. The van der Waals surface area contributed by atoms with Crippen molar-refractivity contribution >= 4 is 33.1 Å². The molecule has 1 aromatic carbocycles. The summed E-state index contributed by atoms with van der Waals surface area (Å²) < 4.78 is 1.53. The average molecular weight is 335 g/mol. The first-order chi connectivity index (χ1) is 11.7. The molecule has 0 aliphatic carbocycles. The molecule has 0 fully saturated rings. The smallest absolute Gasteiger partial charge is 0.275 e. The lowest BCUT2D eigenvalue weighted by molar-refractivity contribution is 0.101. The van der Waals surface area contributed by atoms with E-state index >= 15 is 0 Å². The minimum atomic E-state index is -0.222. The third kappa shape index (κ3) is 2.65. The van der Waals surface area contributed by atoms with Gasteiger partial charge in [-0.1, -0.05) is 23.5 Å². The zero-order valence-corrected chi connectivity index (χ0v) is 13.6. The van der Waals surface area contributed by atoms with Gasteiger partial charge in [-0.3, -0.25) is 19.8 Å². The van der Waals surface area contributed by atoms with Crippen LogP contribution < -0.4 is 5.32 Å². The van der Waals surface area contributed by atoms with Crippen molar-refractivity contribution in [3.8, 4) is 10.4 Å². The van der Waals surface area contributed by atoms with Crippen molar-refractivity contribution in [2.75, 3.05) is 5.32 Å². The van der Waals surface area contributed by atoms with Gasteiger partial charge in [0.25, 0.3) is 5.91 Å². The number of anilines is 1. The Bertz CT molecular complexity index is 1040. The van der Waals surface area contributed by atoms with Gasteiger partial charge in [0.15, 0.2) is 5.13 Å². The van der Waals surface area contributed by atoms with Crippen LogP contribution in [0, 0.1) is 0 Å². The molecule has 7 heteroatoms. The van der Waals surface area contributed by atoms with Crippen molar-refractivity contribution in [3.05, 3.63) is 60.8 Å². The summed E-state index contributed by atoms with van der Waals surface area (Å²) in [5, 5.41) is 9.58. The number of carbonyl (C=O) groups excluding carboxylic acids is 1. The average Bonchev–Trinajstić information content (AvgIpc) is 3.23. The molecule has 0 radical (unpaired) electrons. The largest absolute Gasteiger partial charge is 0.296 e. The van der Waals surface area contributed by atoms with Gasteiger partial charge in [-0.15, -0.1) is 0 Å². The number of rotatable bonds is 3. The summed E-state index contributed by atoms with van der Waals surface area (Å²) in [6, 6.07) is 9.80. The van der Waals surface area contributed by atoms with Gasteiger partial charge in [0, 0.05) is 37.2 Å². The van der Waals surface area contributed by atoms with Gasteiger partial charge in [0.1, 0.15) is 5.69 Å². The second-order valence-electron chi connectivity index (χ2n) is 5.26. The van der Waals surface area contributed by atoms with Crippen molar-refractivity contribution in [1.82, 2.24) is 19.7 Å². The summed E-state index contributed by atoms with van der Waals surface area (Å²) in [5.41, 5.74) is 1.55. The van der Waals surface area contributed by atoms with Crippen LogP contribution in [0.2, 0.25) is 0 Å². The van der Waals surface area contributed by atoms with Crippen LogP contribution in [0.5, 0.6) is 0 Å². The van der Waals surface area contributed by atoms with Gasteiger partial charge < -0.3 is 0 Å². The van der Waals surface area contributed by atoms with E-state index in [1.807, 2.05) is 24.4 Å². The van der Waals surface area contributed by atoms with Crippen LogP contribution in [0.25, 0.3) is 21.2 Å². The zero-order valence-electron chi connectivity index (χ0n) is 12.8. The highest BCUT2D eigenvalue weighted by molar-refractivity contribution is 7.19. The van der Waals surface area contributed by atoms with Crippen LogP contribution in [0.3, 0.4) is 0 Å². The topological polar surface area (TPSA) is 72.7 Å². The Morgan fingerprint density at radius 3 is 2.88 bits per heavy atom. The van der Waals surface area contributed by atoms with Crippen LogP contribution in [0.1, 0.15) is 10.5 Å². The molecule has 0 spiro atoms. The molecular formula is C17H13N5OS. The molecule has 0 aliphatic heterocycles. The molecule has 4 aromatic rings. The van der Waals surface area contributed by atoms with Crippen molar-refractivity contribution < 1.29 is 4.79 Å². The number of nitrogens with one attached hydrogen (secondary N) is 1. The van der Waals surface area contributed by atoms with E-state index in [4.69, 9.17) is 0 Å². The van der Waals surface area contributed by atoms with Crippen LogP contribution in [0.15, 0.2) is 55.1 Å². The van der Waals surface area contributed by atoms with Crippen LogP contribution in [-0.2, 0) is 7.05 Å². The summed E-state index contributed by atoms with van der Waals surface area (Å²) in [6.07, 6.45) is 6.97. The normalized spacial score (nSPS) is 10.9. The fourth-order valence-corrected chi connectivity index (χ4v) is 3.27. The molecule has 4 rings (SSSR count). The number of nitrogens with zero attached hydrogens (tertiary/aromatic N) is 4. The van der Waals surface area contributed by atoms with E-state index in [2.05, 4.69) is 26.4 Å². The van der Waals surface area contributed by atoms with E-state index in [9.17, 15) is 4.79 Å². The minimum Gasteiger partial charge on any atom is -0.296 e. The quantitative estimate of drug-likeness (QED) is 0.623. The van der Waals surface area contributed by atoms with E-state index in [1.54, 1.807) is 31.7 Å². The summed E-state index contributed by atoms with van der Waals surface area (Å²) in [6.45, 7) is 0. The van der Waals surface area contributed by atoms with E-state index < -0.39 is 0 Å². The summed E-state index contributed by atoms with van der Waals surface area (Å²) in [5.74, 6) is -0.222. The number of amides is 1. The van der Waals surface area contributed by atoms with E-state index in [0.29, 0.717) is 10.8 Å². The molecule has 0 aliphatic rings. The lowest BCUT2D eigenvalue weighted by atomic mass is 10.1. The first-order valence-electron chi connectivity index (χ1n) is 7.30. The molecule has 0 atom stereocenters. The number of hydrogen-bond acceptors (Lipinski definition) is 5. The van der Waals surface area contributed by atoms with Crippen molar-refractivity contribution in [3.63, 3.8) is 0 Å². The van der Waals surface area contributed by atoms with Gasteiger partial charge in [0.2, 0.25) is 0 Å². The molecule has 24 heavy (non-hydrogen) atoms. The van der Waals surface area contributed by atoms with Gasteiger partial charge in [-0.25, -0.2) is 4.98 Å². The lowest BCUT2D eigenvalue weighted by Crippen LogP contribution is -2.15. The van der Waals surface area contributed by atoms with Crippen LogP contribution in [0.4, 0.5) is 5.13 Å². The molecule has 3 aromatic heterocycles. The Balaban J connectivity index is 1.59. The number of thiazole rings is 1. The first kappa shape index (κ1) is 14.5. The van der Waals surface area contributed by atoms with E-state index in [1.165, 1.54) is 16.0 Å². The third-order valence-corrected chi connectivity index (χ3v) is 4.67. The summed E-state index contributed by atoms with van der Waals surface area (Å²) in [4.78, 5) is 21.6. The SMILES string of the molecule is Cn1nccc1C(=O)Nc1ncc(-c2ccc3cnccc3c2)s1. The third-order valence-electron chi connectivity index (χ3n) is 3.70. The number of hydrogen-bond donors (Lipinski definition) is 1.